The van der Waals surface area contributed by atoms with Crippen molar-refractivity contribution < 1.29 is 17.6 Å². The van der Waals surface area contributed by atoms with Crippen LogP contribution < -0.4 is 10.0 Å². The van der Waals surface area contributed by atoms with Gasteiger partial charge in [0.05, 0.1) is 10.6 Å². The van der Waals surface area contributed by atoms with Gasteiger partial charge in [-0.3, -0.25) is 9.52 Å². The van der Waals surface area contributed by atoms with Crippen LogP contribution in [0, 0.1) is 17.7 Å². The molecule has 2 N–H and O–H groups in total. The lowest BCUT2D eigenvalue weighted by molar-refractivity contribution is 0.0904. The Morgan fingerprint density at radius 2 is 1.81 bits per heavy atom. The van der Waals surface area contributed by atoms with Crippen LogP contribution in [0.3, 0.4) is 0 Å². The van der Waals surface area contributed by atoms with Gasteiger partial charge in [0.1, 0.15) is 5.82 Å². The Bertz CT molecular complexity index is 1020. The van der Waals surface area contributed by atoms with Crippen LogP contribution in [-0.2, 0) is 10.0 Å². The van der Waals surface area contributed by atoms with E-state index in [1.54, 1.807) is 6.07 Å². The summed E-state index contributed by atoms with van der Waals surface area (Å²) in [6, 6.07) is 11.2. The number of nitrogens with zero attached hydrogens (tertiary/aromatic N) is 1. The number of anilines is 1. The summed E-state index contributed by atoms with van der Waals surface area (Å²) in [7, 11) is -4.03. The number of para-hydroxylation sites is 1. The predicted octanol–water partition coefficient (Wildman–Crippen LogP) is 3.72. The summed E-state index contributed by atoms with van der Waals surface area (Å²) in [5.41, 5.74) is 0.0969. The van der Waals surface area contributed by atoms with Crippen molar-refractivity contribution >= 4 is 21.6 Å². The summed E-state index contributed by atoms with van der Waals surface area (Å²) in [6.07, 6.45) is 1.22. The highest BCUT2D eigenvalue weighted by Crippen LogP contribution is 2.21. The molecule has 0 aromatic heterocycles. The number of hydrogen-bond donors (Lipinski definition) is 2. The van der Waals surface area contributed by atoms with Gasteiger partial charge in [0.15, 0.2) is 0 Å². The van der Waals surface area contributed by atoms with Crippen molar-refractivity contribution in [1.29, 1.82) is 0 Å². The van der Waals surface area contributed by atoms with E-state index < -0.39 is 15.8 Å². The van der Waals surface area contributed by atoms with Crippen LogP contribution in [0.15, 0.2) is 53.4 Å². The Morgan fingerprint density at radius 3 is 2.48 bits per heavy atom. The van der Waals surface area contributed by atoms with Gasteiger partial charge >= 0.3 is 0 Å². The molecular weight excluding hydrogens is 417 g/mol. The number of piperidine rings is 1. The maximum Gasteiger partial charge on any atom is 0.262 e. The summed E-state index contributed by atoms with van der Waals surface area (Å²) in [6.45, 7) is 9.20. The third-order valence-corrected chi connectivity index (χ3v) is 6.74. The normalized spacial score (nSPS) is 20.8. The van der Waals surface area contributed by atoms with Gasteiger partial charge in [-0.2, -0.15) is 0 Å². The molecule has 2 aromatic carbocycles. The molecule has 1 saturated heterocycles. The first-order valence-electron chi connectivity index (χ1n) is 10.5. The highest BCUT2D eigenvalue weighted by molar-refractivity contribution is 7.92. The van der Waals surface area contributed by atoms with Gasteiger partial charge < -0.3 is 10.2 Å². The van der Waals surface area contributed by atoms with Crippen molar-refractivity contribution in [3.05, 3.63) is 59.9 Å². The molecule has 3 unspecified atom stereocenters. The number of sulfonamides is 1. The summed E-state index contributed by atoms with van der Waals surface area (Å²) >= 11 is 0. The maximum atomic E-state index is 13.8. The van der Waals surface area contributed by atoms with Gasteiger partial charge in [0.2, 0.25) is 0 Å². The molecule has 3 atom stereocenters. The topological polar surface area (TPSA) is 78.5 Å². The SMILES string of the molecule is CC1CC(C)CN(CC(C)NC(=O)c2cccc(S(=O)(=O)Nc3ccccc3F)c2)C1. The van der Waals surface area contributed by atoms with Crippen molar-refractivity contribution in [3.63, 3.8) is 0 Å². The van der Waals surface area contributed by atoms with Crippen LogP contribution in [-0.4, -0.2) is 44.9 Å². The van der Waals surface area contributed by atoms with Crippen molar-refractivity contribution in [2.24, 2.45) is 11.8 Å². The summed E-state index contributed by atoms with van der Waals surface area (Å²) < 4.78 is 41.4. The first-order valence-corrected chi connectivity index (χ1v) is 12.0. The fraction of sp³-hybridized carbons (Fsp3) is 0.435. The van der Waals surface area contributed by atoms with Crippen LogP contribution in [0.1, 0.15) is 37.6 Å². The van der Waals surface area contributed by atoms with Gasteiger partial charge in [0, 0.05) is 31.2 Å². The third-order valence-electron chi connectivity index (χ3n) is 5.38. The van der Waals surface area contributed by atoms with E-state index in [0.29, 0.717) is 11.8 Å². The molecule has 1 heterocycles. The Morgan fingerprint density at radius 1 is 1.13 bits per heavy atom. The van der Waals surface area contributed by atoms with Crippen LogP contribution in [0.25, 0.3) is 0 Å². The van der Waals surface area contributed by atoms with Crippen molar-refractivity contribution in [2.45, 2.75) is 38.1 Å². The second-order valence-corrected chi connectivity index (χ2v) is 10.3. The van der Waals surface area contributed by atoms with E-state index in [-0.39, 0.29) is 28.1 Å². The van der Waals surface area contributed by atoms with Crippen molar-refractivity contribution in [3.8, 4) is 0 Å². The van der Waals surface area contributed by atoms with E-state index in [4.69, 9.17) is 0 Å². The van der Waals surface area contributed by atoms with Crippen LogP contribution >= 0.6 is 0 Å². The highest BCUT2D eigenvalue weighted by atomic mass is 32.2. The number of halogens is 1. The Hall–Kier alpha value is -2.45. The van der Waals surface area contributed by atoms with Crippen molar-refractivity contribution in [2.75, 3.05) is 24.4 Å². The second-order valence-electron chi connectivity index (χ2n) is 8.65. The Labute approximate surface area is 183 Å². The largest absolute Gasteiger partial charge is 0.348 e. The van der Waals surface area contributed by atoms with Crippen LogP contribution in [0.4, 0.5) is 10.1 Å². The zero-order valence-corrected chi connectivity index (χ0v) is 19.0. The van der Waals surface area contributed by atoms with E-state index in [1.165, 1.54) is 48.9 Å². The molecule has 1 aliphatic rings. The number of benzene rings is 2. The zero-order chi connectivity index (χ0) is 22.6. The first kappa shape index (κ1) is 23.2. The molecule has 1 fully saturated rings. The molecule has 3 rings (SSSR count). The maximum absolute atomic E-state index is 13.8. The number of nitrogens with one attached hydrogen (secondary N) is 2. The number of likely N-dealkylation sites (tertiary alicyclic amines) is 1. The third kappa shape index (κ3) is 6.27. The van der Waals surface area contributed by atoms with E-state index >= 15 is 0 Å². The lowest BCUT2D eigenvalue weighted by Gasteiger charge is -2.36. The molecule has 8 heteroatoms. The van der Waals surface area contributed by atoms with Gasteiger partial charge in [0.25, 0.3) is 15.9 Å². The molecule has 2 aromatic rings. The summed E-state index contributed by atoms with van der Waals surface area (Å²) in [4.78, 5) is 15.0. The van der Waals surface area contributed by atoms with E-state index in [1.807, 2.05) is 6.92 Å². The number of amides is 1. The molecule has 0 spiro atoms. The summed E-state index contributed by atoms with van der Waals surface area (Å²) in [5.74, 6) is 0.259. The van der Waals surface area contributed by atoms with Gasteiger partial charge in [-0.15, -0.1) is 0 Å². The molecule has 1 aliphatic heterocycles. The van der Waals surface area contributed by atoms with Crippen molar-refractivity contribution in [1.82, 2.24) is 10.2 Å². The molecule has 0 radical (unpaired) electrons. The number of hydrogen-bond acceptors (Lipinski definition) is 4. The smallest absolute Gasteiger partial charge is 0.262 e. The van der Waals surface area contributed by atoms with Gasteiger partial charge in [-0.05, 0) is 55.5 Å². The molecule has 168 valence electrons. The highest BCUT2D eigenvalue weighted by Gasteiger charge is 2.24. The van der Waals surface area contributed by atoms with E-state index in [2.05, 4.69) is 28.8 Å². The average Bonchev–Trinajstić information content (AvgIpc) is 2.69. The molecule has 1 amide bonds. The number of carbonyl (C=O) groups is 1. The molecule has 0 bridgehead atoms. The Kier molecular flexibility index (Phi) is 7.33. The minimum atomic E-state index is -4.03. The molecular formula is C23H30FN3O3S. The molecule has 0 aliphatic carbocycles. The van der Waals surface area contributed by atoms with Gasteiger partial charge in [-0.1, -0.05) is 32.0 Å². The fourth-order valence-electron chi connectivity index (χ4n) is 4.23. The zero-order valence-electron chi connectivity index (χ0n) is 18.1. The van der Waals surface area contributed by atoms with E-state index in [9.17, 15) is 17.6 Å². The number of rotatable bonds is 7. The molecule has 0 saturated carbocycles. The Balaban J connectivity index is 1.66. The van der Waals surface area contributed by atoms with Gasteiger partial charge in [-0.25, -0.2) is 12.8 Å². The minimum Gasteiger partial charge on any atom is -0.348 e. The fourth-order valence-corrected chi connectivity index (χ4v) is 5.35. The second kappa shape index (κ2) is 9.78. The molecule has 31 heavy (non-hydrogen) atoms. The quantitative estimate of drug-likeness (QED) is 0.678. The van der Waals surface area contributed by atoms with Crippen LogP contribution in [0.2, 0.25) is 0 Å². The lowest BCUT2D eigenvalue weighted by atomic mass is 9.92. The summed E-state index contributed by atoms with van der Waals surface area (Å²) in [5, 5.41) is 2.95. The number of carbonyl (C=O) groups excluding carboxylic acids is 1. The average molecular weight is 448 g/mol. The minimum absolute atomic E-state index is 0.0817. The predicted molar refractivity (Wildman–Crippen MR) is 120 cm³/mol. The molecule has 6 nitrogen and oxygen atoms in total. The first-order chi connectivity index (χ1) is 14.6. The lowest BCUT2D eigenvalue weighted by Crippen LogP contribution is -2.47. The standard InChI is InChI=1S/C23H30FN3O3S/c1-16-11-17(2)14-27(13-16)15-18(3)25-23(28)19-7-6-8-20(12-19)31(29,30)26-22-10-5-4-9-21(22)24/h4-10,12,16-18,26H,11,13-15H2,1-3H3,(H,25,28). The van der Waals surface area contributed by atoms with Crippen LogP contribution in [0.5, 0.6) is 0 Å². The monoisotopic (exact) mass is 447 g/mol. The van der Waals surface area contributed by atoms with E-state index in [0.717, 1.165) is 19.6 Å².